The molecule has 0 bridgehead atoms. The number of carbonyl (C=O) groups excluding carboxylic acids is 2. The first-order valence-corrected chi connectivity index (χ1v) is 7.11. The molecule has 1 atom stereocenters. The van der Waals surface area contributed by atoms with Gasteiger partial charge in [-0.3, -0.25) is 0 Å². The minimum atomic E-state index is -0.398. The summed E-state index contributed by atoms with van der Waals surface area (Å²) in [7, 11) is 1.35. The van der Waals surface area contributed by atoms with Gasteiger partial charge < -0.3 is 14.3 Å². The monoisotopic (exact) mass is 296 g/mol. The topological polar surface area (TPSA) is 52.6 Å². The highest BCUT2D eigenvalue weighted by molar-refractivity contribution is 5.90. The molecule has 1 unspecified atom stereocenters. The molecule has 1 heterocycles. The van der Waals surface area contributed by atoms with Gasteiger partial charge in [0.15, 0.2) is 0 Å². The van der Waals surface area contributed by atoms with Gasteiger partial charge in [0.25, 0.3) is 0 Å². The molecule has 0 saturated heterocycles. The summed E-state index contributed by atoms with van der Waals surface area (Å²) < 4.78 is 10.6. The molecule has 0 amide bonds. The van der Waals surface area contributed by atoms with Crippen LogP contribution in [0.1, 0.15) is 39.4 Å². The molecule has 4 heteroatoms. The van der Waals surface area contributed by atoms with Crippen molar-refractivity contribution in [2.75, 3.05) is 7.11 Å². The summed E-state index contributed by atoms with van der Waals surface area (Å²) in [5.41, 5.74) is 3.43. The Kier molecular flexibility index (Phi) is 3.92. The van der Waals surface area contributed by atoms with Gasteiger partial charge in [-0.25, -0.2) is 4.79 Å². The highest BCUT2D eigenvalue weighted by atomic mass is 16.5. The van der Waals surface area contributed by atoms with Crippen LogP contribution in [-0.4, -0.2) is 19.4 Å². The van der Waals surface area contributed by atoms with E-state index in [9.17, 15) is 9.59 Å². The van der Waals surface area contributed by atoms with Crippen molar-refractivity contribution >= 4 is 12.3 Å². The molecule has 2 aromatic carbocycles. The predicted molar refractivity (Wildman–Crippen MR) is 81.1 cm³/mol. The first kappa shape index (κ1) is 14.3. The molecule has 4 nitrogen and oxygen atoms in total. The smallest absolute Gasteiger partial charge is 0.337 e. The van der Waals surface area contributed by atoms with Gasteiger partial charge >= 0.3 is 5.97 Å². The SMILES string of the molecule is COC(=O)c1ccc2c(c1)C(CC=O)c1ccccc1CO2. The molecule has 0 aliphatic carbocycles. The summed E-state index contributed by atoms with van der Waals surface area (Å²) in [5, 5.41) is 0. The van der Waals surface area contributed by atoms with Gasteiger partial charge in [0, 0.05) is 17.9 Å². The number of ether oxygens (including phenoxy) is 2. The maximum Gasteiger partial charge on any atom is 0.337 e. The number of fused-ring (bicyclic) bond motifs is 2. The average Bonchev–Trinajstić information content (AvgIpc) is 2.72. The first-order chi connectivity index (χ1) is 10.7. The second kappa shape index (κ2) is 6.02. The minimum Gasteiger partial charge on any atom is -0.489 e. The van der Waals surface area contributed by atoms with Crippen molar-refractivity contribution in [2.24, 2.45) is 0 Å². The molecule has 0 radical (unpaired) electrons. The summed E-state index contributed by atoms with van der Waals surface area (Å²) in [6, 6.07) is 13.1. The Morgan fingerprint density at radius 2 is 2.09 bits per heavy atom. The maximum atomic E-state index is 11.8. The van der Waals surface area contributed by atoms with Gasteiger partial charge in [0.05, 0.1) is 12.7 Å². The van der Waals surface area contributed by atoms with Crippen LogP contribution >= 0.6 is 0 Å². The number of methoxy groups -OCH3 is 1. The van der Waals surface area contributed by atoms with Gasteiger partial charge in [-0.1, -0.05) is 24.3 Å². The van der Waals surface area contributed by atoms with Crippen molar-refractivity contribution in [2.45, 2.75) is 18.9 Å². The van der Waals surface area contributed by atoms with Gasteiger partial charge in [-0.05, 0) is 29.3 Å². The second-order valence-corrected chi connectivity index (χ2v) is 5.19. The van der Waals surface area contributed by atoms with Crippen molar-refractivity contribution in [3.05, 3.63) is 64.7 Å². The molecule has 0 fully saturated rings. The first-order valence-electron chi connectivity index (χ1n) is 7.11. The average molecular weight is 296 g/mol. The Morgan fingerprint density at radius 1 is 1.27 bits per heavy atom. The lowest BCUT2D eigenvalue weighted by Gasteiger charge is -2.17. The number of benzene rings is 2. The van der Waals surface area contributed by atoms with E-state index in [4.69, 9.17) is 9.47 Å². The van der Waals surface area contributed by atoms with E-state index in [1.54, 1.807) is 18.2 Å². The molecule has 0 saturated carbocycles. The summed E-state index contributed by atoms with van der Waals surface area (Å²) in [6.07, 6.45) is 1.25. The standard InChI is InChI=1S/C18H16O4/c1-21-18(20)12-6-7-17-16(10-12)15(8-9-19)14-5-3-2-4-13(14)11-22-17/h2-7,9-10,15H,8,11H2,1H3. The largest absolute Gasteiger partial charge is 0.489 e. The van der Waals surface area contributed by atoms with Gasteiger partial charge in [-0.15, -0.1) is 0 Å². The zero-order chi connectivity index (χ0) is 15.5. The van der Waals surface area contributed by atoms with Gasteiger partial charge in [-0.2, -0.15) is 0 Å². The number of esters is 1. The predicted octanol–water partition coefficient (Wildman–Crippen LogP) is 3.09. The van der Waals surface area contributed by atoms with Crippen molar-refractivity contribution in [3.63, 3.8) is 0 Å². The summed E-state index contributed by atoms with van der Waals surface area (Å²) in [5.74, 6) is 0.191. The lowest BCUT2D eigenvalue weighted by Crippen LogP contribution is -2.06. The molecule has 0 spiro atoms. The van der Waals surface area contributed by atoms with Crippen LogP contribution in [-0.2, 0) is 16.1 Å². The van der Waals surface area contributed by atoms with Crippen molar-refractivity contribution < 1.29 is 19.1 Å². The van der Waals surface area contributed by atoms with E-state index in [2.05, 4.69) is 0 Å². The van der Waals surface area contributed by atoms with Crippen LogP contribution in [0.4, 0.5) is 0 Å². The van der Waals surface area contributed by atoms with Gasteiger partial charge in [0.2, 0.25) is 0 Å². The van der Waals surface area contributed by atoms with Gasteiger partial charge in [0.1, 0.15) is 18.6 Å². The molecule has 0 N–H and O–H groups in total. The van der Waals surface area contributed by atoms with Crippen molar-refractivity contribution in [3.8, 4) is 5.75 Å². The Morgan fingerprint density at radius 3 is 2.86 bits per heavy atom. The summed E-state index contributed by atoms with van der Waals surface area (Å²) in [6.45, 7) is 0.454. The number of aldehydes is 1. The second-order valence-electron chi connectivity index (χ2n) is 5.19. The normalized spacial score (nSPS) is 15.8. The van der Waals surface area contributed by atoms with Crippen LogP contribution < -0.4 is 4.74 Å². The third-order valence-corrected chi connectivity index (χ3v) is 3.95. The van der Waals surface area contributed by atoms with Crippen LogP contribution in [0.2, 0.25) is 0 Å². The Bertz CT molecular complexity index is 721. The van der Waals surface area contributed by atoms with E-state index in [0.29, 0.717) is 24.3 Å². The Labute approximate surface area is 128 Å². The molecule has 1 aliphatic rings. The fraction of sp³-hybridized carbons (Fsp3) is 0.222. The van der Waals surface area contributed by atoms with Crippen LogP contribution in [0.3, 0.4) is 0 Å². The lowest BCUT2D eigenvalue weighted by molar-refractivity contribution is -0.108. The third-order valence-electron chi connectivity index (χ3n) is 3.95. The van der Waals surface area contributed by atoms with E-state index >= 15 is 0 Å². The number of carbonyl (C=O) groups is 2. The number of rotatable bonds is 3. The lowest BCUT2D eigenvalue weighted by atomic mass is 9.86. The molecule has 0 aromatic heterocycles. The van der Waals surface area contributed by atoms with Crippen LogP contribution in [0.5, 0.6) is 5.75 Å². The Balaban J connectivity index is 2.15. The highest BCUT2D eigenvalue weighted by Gasteiger charge is 2.25. The molecule has 1 aliphatic heterocycles. The molecular formula is C18H16O4. The zero-order valence-corrected chi connectivity index (χ0v) is 12.2. The number of hydrogen-bond donors (Lipinski definition) is 0. The van der Waals surface area contributed by atoms with E-state index in [-0.39, 0.29) is 5.92 Å². The number of hydrogen-bond acceptors (Lipinski definition) is 4. The fourth-order valence-electron chi connectivity index (χ4n) is 2.88. The molecule has 22 heavy (non-hydrogen) atoms. The fourth-order valence-corrected chi connectivity index (χ4v) is 2.88. The van der Waals surface area contributed by atoms with Crippen molar-refractivity contribution in [1.29, 1.82) is 0 Å². The van der Waals surface area contributed by atoms with E-state index in [1.807, 2.05) is 24.3 Å². The minimum absolute atomic E-state index is 0.115. The molecule has 3 rings (SSSR count). The maximum absolute atomic E-state index is 11.8. The quantitative estimate of drug-likeness (QED) is 0.645. The Hall–Kier alpha value is -2.62. The summed E-state index contributed by atoms with van der Waals surface area (Å²) >= 11 is 0. The van der Waals surface area contributed by atoms with E-state index < -0.39 is 5.97 Å². The van der Waals surface area contributed by atoms with Crippen molar-refractivity contribution in [1.82, 2.24) is 0 Å². The van der Waals surface area contributed by atoms with E-state index in [1.165, 1.54) is 7.11 Å². The summed E-state index contributed by atoms with van der Waals surface area (Å²) in [4.78, 5) is 22.9. The van der Waals surface area contributed by atoms with E-state index in [0.717, 1.165) is 23.0 Å². The molecular weight excluding hydrogens is 280 g/mol. The third kappa shape index (κ3) is 2.48. The van der Waals surface area contributed by atoms with Crippen LogP contribution in [0.15, 0.2) is 42.5 Å². The molecule has 2 aromatic rings. The zero-order valence-electron chi connectivity index (χ0n) is 12.2. The highest BCUT2D eigenvalue weighted by Crippen LogP contribution is 2.39. The van der Waals surface area contributed by atoms with Crippen LogP contribution in [0.25, 0.3) is 0 Å². The molecule has 112 valence electrons. The van der Waals surface area contributed by atoms with Crippen LogP contribution in [0, 0.1) is 0 Å².